The number of rotatable bonds is 3. The van der Waals surface area contributed by atoms with Gasteiger partial charge in [-0.1, -0.05) is 6.42 Å². The number of hydrogen-bond acceptors (Lipinski definition) is 4. The third-order valence-electron chi connectivity index (χ3n) is 4.08. The second-order valence-electron chi connectivity index (χ2n) is 5.62. The highest BCUT2D eigenvalue weighted by molar-refractivity contribution is 7.99. The molecule has 1 fully saturated rings. The van der Waals surface area contributed by atoms with Gasteiger partial charge in [-0.2, -0.15) is 11.8 Å². The fraction of sp³-hybridized carbons (Fsp3) is 0.353. The molecule has 1 unspecified atom stereocenters. The van der Waals surface area contributed by atoms with Crippen molar-refractivity contribution in [2.45, 2.75) is 31.1 Å². The number of aromatic nitrogens is 4. The van der Waals surface area contributed by atoms with E-state index in [2.05, 4.69) is 32.4 Å². The number of fused-ring (bicyclic) bond motifs is 1. The molecule has 4 rings (SSSR count). The molecule has 22 heavy (non-hydrogen) atoms. The molecule has 1 atom stereocenters. The molecule has 0 amide bonds. The second kappa shape index (κ2) is 6.08. The van der Waals surface area contributed by atoms with Gasteiger partial charge < -0.3 is 4.57 Å². The van der Waals surface area contributed by atoms with E-state index in [0.717, 1.165) is 29.1 Å². The zero-order chi connectivity index (χ0) is 14.8. The third kappa shape index (κ3) is 2.61. The Morgan fingerprint density at radius 1 is 1.18 bits per heavy atom. The van der Waals surface area contributed by atoms with Crippen molar-refractivity contribution in [3.05, 3.63) is 42.9 Å². The van der Waals surface area contributed by atoms with Crippen molar-refractivity contribution >= 4 is 22.9 Å². The van der Waals surface area contributed by atoms with Crippen molar-refractivity contribution in [3.8, 4) is 11.4 Å². The Bertz CT molecular complexity index is 763. The average molecular weight is 310 g/mol. The lowest BCUT2D eigenvalue weighted by Crippen LogP contribution is -2.18. The van der Waals surface area contributed by atoms with Crippen LogP contribution in [-0.4, -0.2) is 30.5 Å². The van der Waals surface area contributed by atoms with Gasteiger partial charge in [-0.3, -0.25) is 4.98 Å². The summed E-state index contributed by atoms with van der Waals surface area (Å²) >= 11 is 2.08. The molecule has 3 aromatic heterocycles. The van der Waals surface area contributed by atoms with Crippen LogP contribution in [0.1, 0.15) is 19.3 Å². The van der Waals surface area contributed by atoms with Gasteiger partial charge in [0.05, 0.1) is 0 Å². The molecule has 0 aromatic carbocycles. The first-order chi connectivity index (χ1) is 10.9. The van der Waals surface area contributed by atoms with Crippen LogP contribution in [0.5, 0.6) is 0 Å². The van der Waals surface area contributed by atoms with E-state index in [1.165, 1.54) is 25.0 Å². The number of nitrogens with zero attached hydrogens (tertiary/aromatic N) is 4. The van der Waals surface area contributed by atoms with Crippen LogP contribution in [0.2, 0.25) is 0 Å². The van der Waals surface area contributed by atoms with Gasteiger partial charge in [-0.25, -0.2) is 9.97 Å². The predicted molar refractivity (Wildman–Crippen MR) is 90.9 cm³/mol. The van der Waals surface area contributed by atoms with Crippen molar-refractivity contribution in [2.75, 3.05) is 5.75 Å². The van der Waals surface area contributed by atoms with Gasteiger partial charge in [0.1, 0.15) is 11.3 Å². The van der Waals surface area contributed by atoms with E-state index in [1.54, 1.807) is 6.20 Å². The lowest BCUT2D eigenvalue weighted by molar-refractivity contribution is 0.592. The summed E-state index contributed by atoms with van der Waals surface area (Å²) in [6, 6.07) is 8.01. The van der Waals surface area contributed by atoms with E-state index in [0.29, 0.717) is 5.25 Å². The van der Waals surface area contributed by atoms with Crippen molar-refractivity contribution in [2.24, 2.45) is 0 Å². The predicted octanol–water partition coefficient (Wildman–Crippen LogP) is 3.78. The van der Waals surface area contributed by atoms with Gasteiger partial charge in [-0.05, 0) is 42.9 Å². The molecule has 1 aliphatic rings. The maximum absolute atomic E-state index is 4.80. The first kappa shape index (κ1) is 13.8. The first-order valence-electron chi connectivity index (χ1n) is 7.75. The fourth-order valence-corrected chi connectivity index (χ4v) is 4.29. The Morgan fingerprint density at radius 3 is 2.95 bits per heavy atom. The van der Waals surface area contributed by atoms with Gasteiger partial charge in [0.15, 0.2) is 5.65 Å². The molecular weight excluding hydrogens is 292 g/mol. The minimum Gasteiger partial charge on any atom is -0.308 e. The normalized spacial score (nSPS) is 18.6. The molecule has 1 aliphatic heterocycles. The summed E-state index contributed by atoms with van der Waals surface area (Å²) < 4.78 is 2.27. The average Bonchev–Trinajstić information content (AvgIpc) is 2.95. The van der Waals surface area contributed by atoms with Gasteiger partial charge in [0.25, 0.3) is 0 Å². The third-order valence-corrected chi connectivity index (χ3v) is 5.46. The van der Waals surface area contributed by atoms with Crippen LogP contribution in [-0.2, 0) is 6.54 Å². The van der Waals surface area contributed by atoms with Crippen LogP contribution in [0.15, 0.2) is 42.9 Å². The minimum atomic E-state index is 0.656. The molecule has 4 nitrogen and oxygen atoms in total. The largest absolute Gasteiger partial charge is 0.308 e. The molecule has 4 heterocycles. The fourth-order valence-electron chi connectivity index (χ4n) is 3.00. The first-order valence-corrected chi connectivity index (χ1v) is 8.80. The molecule has 3 aromatic rings. The highest BCUT2D eigenvalue weighted by atomic mass is 32.2. The Hall–Kier alpha value is -1.88. The zero-order valence-corrected chi connectivity index (χ0v) is 13.2. The van der Waals surface area contributed by atoms with Crippen molar-refractivity contribution in [1.29, 1.82) is 0 Å². The molecular formula is C17H18N4S. The van der Waals surface area contributed by atoms with Gasteiger partial charge in [-0.15, -0.1) is 0 Å². The Balaban J connectivity index is 1.79. The van der Waals surface area contributed by atoms with E-state index in [-0.39, 0.29) is 0 Å². The minimum absolute atomic E-state index is 0.656. The Morgan fingerprint density at radius 2 is 2.14 bits per heavy atom. The molecule has 0 aliphatic carbocycles. The Kier molecular flexibility index (Phi) is 3.81. The number of imidazole rings is 1. The van der Waals surface area contributed by atoms with Crippen molar-refractivity contribution < 1.29 is 0 Å². The van der Waals surface area contributed by atoms with E-state index in [1.807, 2.05) is 30.6 Å². The number of thioether (sulfide) groups is 1. The maximum atomic E-state index is 4.80. The summed E-state index contributed by atoms with van der Waals surface area (Å²) in [6.45, 7) is 0.975. The summed E-state index contributed by atoms with van der Waals surface area (Å²) in [5.41, 5.74) is 3.00. The van der Waals surface area contributed by atoms with Gasteiger partial charge in [0.2, 0.25) is 0 Å². The van der Waals surface area contributed by atoms with Crippen LogP contribution in [0.25, 0.3) is 22.6 Å². The summed E-state index contributed by atoms with van der Waals surface area (Å²) in [5.74, 6) is 2.25. The molecule has 0 saturated carbocycles. The van der Waals surface area contributed by atoms with Crippen LogP contribution < -0.4 is 0 Å². The molecule has 0 N–H and O–H groups in total. The van der Waals surface area contributed by atoms with Crippen LogP contribution in [0, 0.1) is 0 Å². The standard InChI is InChI=1S/C17H18N4S/c1-2-10-22-14(6-1)12-21-16(13-5-3-8-18-11-13)20-15-7-4-9-19-17(15)21/h3-5,7-9,11,14H,1-2,6,10,12H2. The topological polar surface area (TPSA) is 43.6 Å². The summed E-state index contributed by atoms with van der Waals surface area (Å²) in [4.78, 5) is 13.6. The summed E-state index contributed by atoms with van der Waals surface area (Å²) in [5, 5.41) is 0.656. The van der Waals surface area contributed by atoms with Crippen LogP contribution >= 0.6 is 11.8 Å². The molecule has 112 valence electrons. The van der Waals surface area contributed by atoms with E-state index < -0.39 is 0 Å². The summed E-state index contributed by atoms with van der Waals surface area (Å²) in [7, 11) is 0. The van der Waals surface area contributed by atoms with E-state index in [9.17, 15) is 0 Å². The highest BCUT2D eigenvalue weighted by Crippen LogP contribution is 2.30. The Labute approximate surface area is 134 Å². The van der Waals surface area contributed by atoms with Gasteiger partial charge in [0, 0.05) is 35.9 Å². The lowest BCUT2D eigenvalue weighted by Gasteiger charge is -2.22. The van der Waals surface area contributed by atoms with E-state index in [4.69, 9.17) is 4.98 Å². The SMILES string of the molecule is c1cncc(-c2nc3cccnc3n2CC2CCCCS2)c1. The van der Waals surface area contributed by atoms with E-state index >= 15 is 0 Å². The van der Waals surface area contributed by atoms with Crippen LogP contribution in [0.3, 0.4) is 0 Å². The van der Waals surface area contributed by atoms with Crippen molar-refractivity contribution in [1.82, 2.24) is 19.5 Å². The van der Waals surface area contributed by atoms with Crippen LogP contribution in [0.4, 0.5) is 0 Å². The monoisotopic (exact) mass is 310 g/mol. The lowest BCUT2D eigenvalue weighted by atomic mass is 10.2. The molecule has 0 bridgehead atoms. The van der Waals surface area contributed by atoms with Gasteiger partial charge >= 0.3 is 0 Å². The highest BCUT2D eigenvalue weighted by Gasteiger charge is 2.19. The zero-order valence-electron chi connectivity index (χ0n) is 12.4. The number of pyridine rings is 2. The molecule has 0 spiro atoms. The molecule has 1 saturated heterocycles. The smallest absolute Gasteiger partial charge is 0.160 e. The van der Waals surface area contributed by atoms with Crippen molar-refractivity contribution in [3.63, 3.8) is 0 Å². The summed E-state index contributed by atoms with van der Waals surface area (Å²) in [6.07, 6.45) is 9.49. The number of hydrogen-bond donors (Lipinski definition) is 0. The molecule has 0 radical (unpaired) electrons. The quantitative estimate of drug-likeness (QED) is 0.738. The maximum Gasteiger partial charge on any atom is 0.160 e. The molecule has 5 heteroatoms. The second-order valence-corrected chi connectivity index (χ2v) is 7.03.